The number of aromatic nitrogens is 2. The van der Waals surface area contributed by atoms with Crippen molar-refractivity contribution in [3.05, 3.63) is 117 Å². The van der Waals surface area contributed by atoms with Gasteiger partial charge in [0.05, 0.1) is 16.6 Å². The van der Waals surface area contributed by atoms with Crippen LogP contribution in [0.5, 0.6) is 0 Å². The van der Waals surface area contributed by atoms with Gasteiger partial charge < -0.3 is 14.6 Å². The van der Waals surface area contributed by atoms with E-state index in [0.29, 0.717) is 23.4 Å². The van der Waals surface area contributed by atoms with Crippen molar-refractivity contribution in [3.63, 3.8) is 0 Å². The van der Waals surface area contributed by atoms with Crippen LogP contribution in [0, 0.1) is 6.92 Å². The normalized spacial score (nSPS) is 11.9. The minimum absolute atomic E-state index is 0.0832. The first-order chi connectivity index (χ1) is 20.7. The number of anilines is 1. The molecule has 0 saturated heterocycles. The third kappa shape index (κ3) is 6.40. The lowest BCUT2D eigenvalue weighted by Gasteiger charge is -2.29. The van der Waals surface area contributed by atoms with Crippen molar-refractivity contribution >= 4 is 57.2 Å². The number of aryl methyl sites for hydroxylation is 2. The molecule has 0 bridgehead atoms. The fourth-order valence-corrected chi connectivity index (χ4v) is 5.87. The van der Waals surface area contributed by atoms with Gasteiger partial charge in [-0.3, -0.25) is 4.79 Å². The van der Waals surface area contributed by atoms with E-state index in [0.717, 1.165) is 56.5 Å². The van der Waals surface area contributed by atoms with Crippen molar-refractivity contribution in [1.29, 1.82) is 0 Å². The zero-order valence-electron chi connectivity index (χ0n) is 24.4. The summed E-state index contributed by atoms with van der Waals surface area (Å²) in [5.74, 6) is 0.463. The molecule has 1 heterocycles. The number of carbonyl (C=O) groups excluding carboxylic acids is 1. The first-order valence-corrected chi connectivity index (χ1v) is 15.8. The number of carboxylic acid groups (broad SMARTS) is 1. The first-order valence-electron chi connectivity index (χ1n) is 14.3. The molecule has 8 heteroatoms. The quantitative estimate of drug-likeness (QED) is 0.148. The number of aromatic carboxylic acids is 1. The van der Waals surface area contributed by atoms with E-state index >= 15 is 0 Å². The minimum atomic E-state index is -0.947. The van der Waals surface area contributed by atoms with Gasteiger partial charge in [0.15, 0.2) is 0 Å². The fraction of sp³-hybridized carbons (Fsp3) is 0.229. The Labute approximate surface area is 265 Å². The van der Waals surface area contributed by atoms with Gasteiger partial charge in [0.25, 0.3) is 5.91 Å². The lowest BCUT2D eigenvalue weighted by Crippen LogP contribution is -2.40. The number of fused-ring (bicyclic) bond motifs is 1. The number of halogens is 1. The summed E-state index contributed by atoms with van der Waals surface area (Å²) in [6.45, 7) is 6.72. The highest BCUT2D eigenvalue weighted by Crippen LogP contribution is 2.29. The third-order valence-electron chi connectivity index (χ3n) is 7.64. The Morgan fingerprint density at radius 3 is 2.37 bits per heavy atom. The molecule has 0 radical (unpaired) electrons. The molecule has 5 aromatic rings. The summed E-state index contributed by atoms with van der Waals surface area (Å²) in [7, 11) is 0. The number of hydrogen-bond acceptors (Lipinski definition) is 4. The molecule has 6 nitrogen and oxygen atoms in total. The van der Waals surface area contributed by atoms with E-state index in [1.54, 1.807) is 17.0 Å². The summed E-state index contributed by atoms with van der Waals surface area (Å²) in [4.78, 5) is 32.7. The SMILES string of the molecule is CCCc1nc2c(C)cc(C(=O)N(c3ccc(Br)cc3)C(C)CS)cc2n1Cc1ccc(-c2ccccc2C(=O)O)cc1. The highest BCUT2D eigenvalue weighted by atomic mass is 79.9. The van der Waals surface area contributed by atoms with Crippen LogP contribution in [0.25, 0.3) is 22.2 Å². The van der Waals surface area contributed by atoms with Crippen molar-refractivity contribution in [2.75, 3.05) is 10.7 Å². The summed E-state index contributed by atoms with van der Waals surface area (Å²) < 4.78 is 3.15. The lowest BCUT2D eigenvalue weighted by molar-refractivity contribution is 0.0697. The Balaban J connectivity index is 1.54. The van der Waals surface area contributed by atoms with Crippen molar-refractivity contribution in [1.82, 2.24) is 9.55 Å². The number of carboxylic acids is 1. The number of thiol groups is 1. The average molecular weight is 657 g/mol. The van der Waals surface area contributed by atoms with Gasteiger partial charge in [-0.1, -0.05) is 65.3 Å². The van der Waals surface area contributed by atoms with Crippen molar-refractivity contribution in [2.45, 2.75) is 46.2 Å². The zero-order chi connectivity index (χ0) is 30.7. The number of nitrogens with zero attached hydrogens (tertiary/aromatic N) is 3. The molecule has 0 aliphatic heterocycles. The monoisotopic (exact) mass is 655 g/mol. The molecule has 0 spiro atoms. The zero-order valence-corrected chi connectivity index (χ0v) is 26.9. The average Bonchev–Trinajstić information content (AvgIpc) is 3.35. The van der Waals surface area contributed by atoms with Crippen molar-refractivity contribution in [3.8, 4) is 11.1 Å². The molecule has 1 amide bonds. The van der Waals surface area contributed by atoms with E-state index in [1.807, 2.05) is 86.6 Å². The van der Waals surface area contributed by atoms with Crippen LogP contribution < -0.4 is 4.90 Å². The van der Waals surface area contributed by atoms with Gasteiger partial charge in [0.1, 0.15) is 5.82 Å². The Bertz CT molecular complexity index is 1780. The number of benzene rings is 4. The molecule has 1 atom stereocenters. The number of carbonyl (C=O) groups is 2. The smallest absolute Gasteiger partial charge is 0.336 e. The van der Waals surface area contributed by atoms with Crippen LogP contribution in [-0.4, -0.2) is 38.3 Å². The van der Waals surface area contributed by atoms with Gasteiger partial charge in [-0.15, -0.1) is 0 Å². The highest BCUT2D eigenvalue weighted by molar-refractivity contribution is 9.10. The van der Waals surface area contributed by atoms with Crippen LogP contribution in [0.1, 0.15) is 57.9 Å². The van der Waals surface area contributed by atoms with Gasteiger partial charge in [0.2, 0.25) is 0 Å². The van der Waals surface area contributed by atoms with Crippen LogP contribution >= 0.6 is 28.6 Å². The number of amides is 1. The first kappa shape index (κ1) is 30.6. The standard InChI is InChI=1S/C35H34BrN3O3S/c1-4-7-32-37-33-22(2)18-26(34(40)39(23(3)21-43)28-16-14-27(36)15-17-28)19-31(33)38(32)20-24-10-12-25(13-11-24)29-8-5-6-9-30(29)35(41)42/h5-6,8-19,23,43H,4,7,20-21H2,1-3H3,(H,41,42). The summed E-state index contributed by atoms with van der Waals surface area (Å²) in [6.07, 6.45) is 1.75. The van der Waals surface area contributed by atoms with Gasteiger partial charge in [0, 0.05) is 40.5 Å². The molecule has 0 saturated carbocycles. The van der Waals surface area contributed by atoms with Gasteiger partial charge >= 0.3 is 5.97 Å². The molecule has 43 heavy (non-hydrogen) atoms. The minimum Gasteiger partial charge on any atom is -0.478 e. The van der Waals surface area contributed by atoms with E-state index in [1.165, 1.54) is 0 Å². The highest BCUT2D eigenvalue weighted by Gasteiger charge is 2.25. The second-order valence-electron chi connectivity index (χ2n) is 10.8. The van der Waals surface area contributed by atoms with Gasteiger partial charge in [-0.25, -0.2) is 9.78 Å². The molecule has 4 aromatic carbocycles. The van der Waals surface area contributed by atoms with Crippen LogP contribution in [0.15, 0.2) is 89.4 Å². The van der Waals surface area contributed by atoms with Gasteiger partial charge in [-0.2, -0.15) is 12.6 Å². The van der Waals surface area contributed by atoms with Crippen LogP contribution in [0.4, 0.5) is 5.69 Å². The maximum atomic E-state index is 14.1. The second kappa shape index (κ2) is 13.2. The van der Waals surface area contributed by atoms with E-state index in [4.69, 9.17) is 4.98 Å². The lowest BCUT2D eigenvalue weighted by atomic mass is 9.98. The van der Waals surface area contributed by atoms with Crippen molar-refractivity contribution in [2.24, 2.45) is 0 Å². The predicted octanol–water partition coefficient (Wildman–Crippen LogP) is 8.44. The topological polar surface area (TPSA) is 75.4 Å². The molecule has 1 N–H and O–H groups in total. The molecular formula is C35H34BrN3O3S. The summed E-state index contributed by atoms with van der Waals surface area (Å²) in [5, 5.41) is 9.63. The van der Waals surface area contributed by atoms with E-state index in [2.05, 4.69) is 40.0 Å². The largest absolute Gasteiger partial charge is 0.478 e. The molecule has 1 unspecified atom stereocenters. The fourth-order valence-electron chi connectivity index (χ4n) is 5.44. The van der Waals surface area contributed by atoms with Crippen LogP contribution in [0.2, 0.25) is 0 Å². The molecule has 0 fully saturated rings. The summed E-state index contributed by atoms with van der Waals surface area (Å²) in [6, 6.07) is 26.6. The molecular weight excluding hydrogens is 622 g/mol. The van der Waals surface area contributed by atoms with E-state index in [-0.39, 0.29) is 17.5 Å². The van der Waals surface area contributed by atoms with E-state index < -0.39 is 5.97 Å². The van der Waals surface area contributed by atoms with E-state index in [9.17, 15) is 14.7 Å². The van der Waals surface area contributed by atoms with Crippen molar-refractivity contribution < 1.29 is 14.7 Å². The van der Waals surface area contributed by atoms with Crippen LogP contribution in [-0.2, 0) is 13.0 Å². The maximum Gasteiger partial charge on any atom is 0.336 e. The Kier molecular flexibility index (Phi) is 9.37. The Morgan fingerprint density at radius 1 is 1.02 bits per heavy atom. The third-order valence-corrected chi connectivity index (χ3v) is 8.69. The molecule has 5 rings (SSSR count). The second-order valence-corrected chi connectivity index (χ2v) is 12.0. The molecule has 1 aromatic heterocycles. The summed E-state index contributed by atoms with van der Waals surface area (Å²) >= 11 is 8.00. The number of imidazole rings is 1. The molecule has 0 aliphatic carbocycles. The number of rotatable bonds is 10. The number of hydrogen-bond donors (Lipinski definition) is 2. The predicted molar refractivity (Wildman–Crippen MR) is 181 cm³/mol. The van der Waals surface area contributed by atoms with Crippen LogP contribution in [0.3, 0.4) is 0 Å². The maximum absolute atomic E-state index is 14.1. The summed E-state index contributed by atoms with van der Waals surface area (Å²) in [5.41, 5.74) is 7.05. The van der Waals surface area contributed by atoms with Gasteiger partial charge in [-0.05, 0) is 85.0 Å². The Hall–Kier alpha value is -3.88. The Morgan fingerprint density at radius 2 is 1.72 bits per heavy atom. The molecule has 0 aliphatic rings. The molecule has 220 valence electrons.